The van der Waals surface area contributed by atoms with Gasteiger partial charge in [0.25, 0.3) is 0 Å². The maximum atomic E-state index is 12.0. The lowest BCUT2D eigenvalue weighted by Crippen LogP contribution is -2.38. The van der Waals surface area contributed by atoms with Gasteiger partial charge < -0.3 is 15.5 Å². The number of hydrogen-bond donors (Lipinski definition) is 2. The molecule has 0 atom stereocenters. The van der Waals surface area contributed by atoms with Gasteiger partial charge in [0.1, 0.15) is 6.54 Å². The number of amides is 1. The van der Waals surface area contributed by atoms with Crippen molar-refractivity contribution in [2.45, 2.75) is 20.3 Å². The van der Waals surface area contributed by atoms with E-state index >= 15 is 0 Å². The van der Waals surface area contributed by atoms with E-state index in [1.807, 2.05) is 32.0 Å². The number of aromatic nitrogens is 1. The smallest absolute Gasteiger partial charge is 0.244 e. The number of likely N-dealkylation sites (N-methyl/N-ethyl adjacent to an activating group) is 1. The zero-order chi connectivity index (χ0) is 15.5. The molecule has 1 aromatic heterocycles. The molecule has 0 aliphatic heterocycles. The van der Waals surface area contributed by atoms with E-state index in [9.17, 15) is 4.79 Å². The standard InChI is InChI=1S/C15H25N5O/c1-4-16-15(17-5-2)19-12-14(21)20(3)11-9-13-8-6-7-10-18-13/h6-8,10H,4-5,9,11-12H2,1-3H3,(H2,16,17,19). The van der Waals surface area contributed by atoms with Crippen LogP contribution >= 0.6 is 0 Å². The number of rotatable bonds is 7. The Hall–Kier alpha value is -2.11. The van der Waals surface area contributed by atoms with Crippen molar-refractivity contribution in [1.29, 1.82) is 0 Å². The van der Waals surface area contributed by atoms with Gasteiger partial charge in [-0.25, -0.2) is 4.99 Å². The number of carbonyl (C=O) groups excluding carboxylic acids is 1. The second-order valence-corrected chi connectivity index (χ2v) is 4.61. The first-order valence-electron chi connectivity index (χ1n) is 7.33. The first kappa shape index (κ1) is 16.9. The molecule has 1 heterocycles. The van der Waals surface area contributed by atoms with E-state index in [2.05, 4.69) is 20.6 Å². The second-order valence-electron chi connectivity index (χ2n) is 4.61. The lowest BCUT2D eigenvalue weighted by molar-refractivity contribution is -0.128. The van der Waals surface area contributed by atoms with Gasteiger partial charge in [-0.15, -0.1) is 0 Å². The normalized spacial score (nSPS) is 9.86. The average Bonchev–Trinajstić information content (AvgIpc) is 2.51. The highest BCUT2D eigenvalue weighted by Gasteiger charge is 2.08. The fourth-order valence-electron chi connectivity index (χ4n) is 1.73. The van der Waals surface area contributed by atoms with Gasteiger partial charge in [0.15, 0.2) is 5.96 Å². The molecule has 116 valence electrons. The van der Waals surface area contributed by atoms with Crippen molar-refractivity contribution < 1.29 is 4.79 Å². The van der Waals surface area contributed by atoms with E-state index in [1.54, 1.807) is 18.1 Å². The molecule has 0 unspecified atom stereocenters. The van der Waals surface area contributed by atoms with Gasteiger partial charge in [-0.2, -0.15) is 0 Å². The summed E-state index contributed by atoms with van der Waals surface area (Å²) in [5.74, 6) is 0.672. The first-order valence-corrected chi connectivity index (χ1v) is 7.33. The van der Waals surface area contributed by atoms with Gasteiger partial charge in [-0.05, 0) is 26.0 Å². The molecule has 0 spiro atoms. The van der Waals surface area contributed by atoms with Crippen LogP contribution in [-0.4, -0.2) is 55.0 Å². The van der Waals surface area contributed by atoms with E-state index in [4.69, 9.17) is 0 Å². The Bertz CT molecular complexity index is 439. The highest BCUT2D eigenvalue weighted by molar-refractivity contribution is 5.84. The molecule has 0 aromatic carbocycles. The molecular formula is C15H25N5O. The molecule has 0 aliphatic carbocycles. The SMILES string of the molecule is CCNC(=NCC(=O)N(C)CCc1ccccn1)NCC. The van der Waals surface area contributed by atoms with Gasteiger partial charge in [-0.3, -0.25) is 9.78 Å². The Labute approximate surface area is 126 Å². The monoisotopic (exact) mass is 291 g/mol. The summed E-state index contributed by atoms with van der Waals surface area (Å²) in [5, 5.41) is 6.19. The quantitative estimate of drug-likeness (QED) is 0.572. The van der Waals surface area contributed by atoms with Gasteiger partial charge in [0.05, 0.1) is 0 Å². The molecule has 0 radical (unpaired) electrons. The Morgan fingerprint density at radius 3 is 2.57 bits per heavy atom. The van der Waals surface area contributed by atoms with E-state index in [-0.39, 0.29) is 12.5 Å². The largest absolute Gasteiger partial charge is 0.357 e. The summed E-state index contributed by atoms with van der Waals surface area (Å²) in [4.78, 5) is 22.2. The van der Waals surface area contributed by atoms with Crippen LogP contribution in [0.5, 0.6) is 0 Å². The van der Waals surface area contributed by atoms with Crippen molar-refractivity contribution in [2.75, 3.05) is 33.2 Å². The molecule has 0 saturated carbocycles. The van der Waals surface area contributed by atoms with Crippen molar-refractivity contribution >= 4 is 11.9 Å². The zero-order valence-corrected chi connectivity index (χ0v) is 13.1. The fourth-order valence-corrected chi connectivity index (χ4v) is 1.73. The summed E-state index contributed by atoms with van der Waals surface area (Å²) < 4.78 is 0. The van der Waals surface area contributed by atoms with Crippen LogP contribution in [0.4, 0.5) is 0 Å². The molecular weight excluding hydrogens is 266 g/mol. The van der Waals surface area contributed by atoms with Crippen LogP contribution in [0.3, 0.4) is 0 Å². The molecule has 6 heteroatoms. The highest BCUT2D eigenvalue weighted by Crippen LogP contribution is 1.97. The third kappa shape index (κ3) is 6.74. The average molecular weight is 291 g/mol. The summed E-state index contributed by atoms with van der Waals surface area (Å²) in [6.45, 7) is 6.32. The third-order valence-corrected chi connectivity index (χ3v) is 2.92. The van der Waals surface area contributed by atoms with Crippen LogP contribution in [0.1, 0.15) is 19.5 Å². The van der Waals surface area contributed by atoms with E-state index in [0.29, 0.717) is 12.5 Å². The van der Waals surface area contributed by atoms with Gasteiger partial charge in [-0.1, -0.05) is 6.07 Å². The van der Waals surface area contributed by atoms with Crippen molar-refractivity contribution in [3.8, 4) is 0 Å². The van der Waals surface area contributed by atoms with Gasteiger partial charge in [0.2, 0.25) is 5.91 Å². The lowest BCUT2D eigenvalue weighted by Gasteiger charge is -2.16. The zero-order valence-electron chi connectivity index (χ0n) is 13.1. The Balaban J connectivity index is 2.41. The molecule has 6 nitrogen and oxygen atoms in total. The van der Waals surface area contributed by atoms with Crippen molar-refractivity contribution in [3.63, 3.8) is 0 Å². The maximum absolute atomic E-state index is 12.0. The van der Waals surface area contributed by atoms with Crippen LogP contribution in [0.15, 0.2) is 29.4 Å². The third-order valence-electron chi connectivity index (χ3n) is 2.92. The molecule has 1 aromatic rings. The number of hydrogen-bond acceptors (Lipinski definition) is 3. The lowest BCUT2D eigenvalue weighted by atomic mass is 10.2. The summed E-state index contributed by atoms with van der Waals surface area (Å²) in [5.41, 5.74) is 0.988. The van der Waals surface area contributed by atoms with Crippen LogP contribution in [-0.2, 0) is 11.2 Å². The predicted molar refractivity (Wildman–Crippen MR) is 85.2 cm³/mol. The first-order chi connectivity index (χ1) is 10.2. The van der Waals surface area contributed by atoms with Crippen LogP contribution < -0.4 is 10.6 Å². The van der Waals surface area contributed by atoms with Crippen molar-refractivity contribution in [1.82, 2.24) is 20.5 Å². The predicted octanol–water partition coefficient (Wildman–Crippen LogP) is 0.657. The summed E-state index contributed by atoms with van der Waals surface area (Å²) in [6, 6.07) is 5.80. The summed E-state index contributed by atoms with van der Waals surface area (Å²) in [6.07, 6.45) is 2.51. The Morgan fingerprint density at radius 2 is 2.00 bits per heavy atom. The number of aliphatic imine (C=N–C) groups is 1. The topological polar surface area (TPSA) is 69.6 Å². The molecule has 0 bridgehead atoms. The van der Waals surface area contributed by atoms with Gasteiger partial charge >= 0.3 is 0 Å². The fraction of sp³-hybridized carbons (Fsp3) is 0.533. The maximum Gasteiger partial charge on any atom is 0.244 e. The second kappa shape index (κ2) is 9.74. The molecule has 1 rings (SSSR count). The van der Waals surface area contributed by atoms with Crippen LogP contribution in [0.2, 0.25) is 0 Å². The molecule has 1 amide bonds. The number of nitrogens with zero attached hydrogens (tertiary/aromatic N) is 3. The van der Waals surface area contributed by atoms with E-state index < -0.39 is 0 Å². The number of carbonyl (C=O) groups is 1. The minimum absolute atomic E-state index is 0.000706. The molecule has 2 N–H and O–H groups in total. The van der Waals surface area contributed by atoms with Crippen LogP contribution in [0, 0.1) is 0 Å². The van der Waals surface area contributed by atoms with Crippen molar-refractivity contribution in [2.24, 2.45) is 4.99 Å². The van der Waals surface area contributed by atoms with E-state index in [0.717, 1.165) is 25.2 Å². The number of pyridine rings is 1. The van der Waals surface area contributed by atoms with Gasteiger partial charge in [0, 0.05) is 45.0 Å². The molecule has 21 heavy (non-hydrogen) atoms. The Kier molecular flexibility index (Phi) is 7.86. The Morgan fingerprint density at radius 1 is 1.29 bits per heavy atom. The molecule has 0 aliphatic rings. The summed E-state index contributed by atoms with van der Waals surface area (Å²) in [7, 11) is 1.79. The van der Waals surface area contributed by atoms with Crippen LogP contribution in [0.25, 0.3) is 0 Å². The molecule has 0 saturated heterocycles. The minimum atomic E-state index is -0.000706. The van der Waals surface area contributed by atoms with Crippen molar-refractivity contribution in [3.05, 3.63) is 30.1 Å². The number of guanidine groups is 1. The summed E-state index contributed by atoms with van der Waals surface area (Å²) >= 11 is 0. The van der Waals surface area contributed by atoms with E-state index in [1.165, 1.54) is 0 Å². The number of nitrogens with one attached hydrogen (secondary N) is 2. The molecule has 0 fully saturated rings. The highest BCUT2D eigenvalue weighted by atomic mass is 16.2. The minimum Gasteiger partial charge on any atom is -0.357 e.